The van der Waals surface area contributed by atoms with Gasteiger partial charge in [-0.3, -0.25) is 9.59 Å². The zero-order valence-electron chi connectivity index (χ0n) is 17.4. The lowest BCUT2D eigenvalue weighted by atomic mass is 9.99. The highest BCUT2D eigenvalue weighted by molar-refractivity contribution is 6.07. The molecule has 0 aliphatic heterocycles. The van der Waals surface area contributed by atoms with Crippen LogP contribution in [0.25, 0.3) is 0 Å². The van der Waals surface area contributed by atoms with E-state index in [1.807, 2.05) is 13.0 Å². The Balaban J connectivity index is 2.44. The number of Topliss-reactive ketones (excluding diaryl/α,β-unsaturated/α-hetero) is 1. The molecule has 150 valence electrons. The van der Waals surface area contributed by atoms with Crippen molar-refractivity contribution in [1.82, 2.24) is 9.47 Å². The fourth-order valence-electron chi connectivity index (χ4n) is 3.54. The van der Waals surface area contributed by atoms with Gasteiger partial charge in [0.1, 0.15) is 5.69 Å². The maximum Gasteiger partial charge on any atom is 0.354 e. The van der Waals surface area contributed by atoms with E-state index in [0.29, 0.717) is 34.6 Å². The molecule has 0 aliphatic rings. The third kappa shape index (κ3) is 3.86. The molecular formula is C22H28N2O4. The Morgan fingerprint density at radius 3 is 2.29 bits per heavy atom. The standard InChI is InChI=1S/C22H28N2O4/c1-7-13-24(21(26)17-11-9-8-10-12-17)16(4)20(25)18-14(2)19(22(27)28-6)23(5)15(18)3/h8-12,16H,7,13H2,1-6H3. The maximum absolute atomic E-state index is 13.4. The van der Waals surface area contributed by atoms with Crippen LogP contribution in [0.1, 0.15) is 62.7 Å². The van der Waals surface area contributed by atoms with Crippen molar-refractivity contribution in [3.8, 4) is 0 Å². The molecule has 1 aromatic carbocycles. The maximum atomic E-state index is 13.4. The summed E-state index contributed by atoms with van der Waals surface area (Å²) in [6, 6.07) is 8.29. The average molecular weight is 384 g/mol. The second-order valence-electron chi connectivity index (χ2n) is 6.89. The zero-order valence-corrected chi connectivity index (χ0v) is 17.4. The second kappa shape index (κ2) is 8.87. The number of carbonyl (C=O) groups excluding carboxylic acids is 3. The van der Waals surface area contributed by atoms with Gasteiger partial charge in [-0.15, -0.1) is 0 Å². The summed E-state index contributed by atoms with van der Waals surface area (Å²) in [6.07, 6.45) is 0.732. The predicted molar refractivity (Wildman–Crippen MR) is 108 cm³/mol. The first-order valence-electron chi connectivity index (χ1n) is 9.40. The van der Waals surface area contributed by atoms with Gasteiger partial charge in [0.05, 0.1) is 13.2 Å². The van der Waals surface area contributed by atoms with Crippen LogP contribution in [0.15, 0.2) is 30.3 Å². The number of amides is 1. The van der Waals surface area contributed by atoms with Crippen molar-refractivity contribution in [2.24, 2.45) is 7.05 Å². The normalized spacial score (nSPS) is 11.8. The molecule has 0 aliphatic carbocycles. The smallest absolute Gasteiger partial charge is 0.354 e. The van der Waals surface area contributed by atoms with Gasteiger partial charge in [-0.05, 0) is 44.9 Å². The summed E-state index contributed by atoms with van der Waals surface area (Å²) in [6.45, 7) is 7.71. The first-order chi connectivity index (χ1) is 13.3. The molecule has 1 aromatic heterocycles. The molecular weight excluding hydrogens is 356 g/mol. The quantitative estimate of drug-likeness (QED) is 0.541. The first-order valence-corrected chi connectivity index (χ1v) is 9.40. The Morgan fingerprint density at radius 1 is 1.14 bits per heavy atom. The van der Waals surface area contributed by atoms with Crippen LogP contribution in [-0.2, 0) is 11.8 Å². The molecule has 1 unspecified atom stereocenters. The summed E-state index contributed by atoms with van der Waals surface area (Å²) in [7, 11) is 3.05. The Kier molecular flexibility index (Phi) is 6.78. The lowest BCUT2D eigenvalue weighted by Crippen LogP contribution is -2.44. The van der Waals surface area contributed by atoms with Crippen molar-refractivity contribution >= 4 is 17.7 Å². The largest absolute Gasteiger partial charge is 0.464 e. The van der Waals surface area contributed by atoms with Crippen LogP contribution < -0.4 is 0 Å². The van der Waals surface area contributed by atoms with Gasteiger partial charge in [-0.1, -0.05) is 25.1 Å². The number of ether oxygens (including phenoxy) is 1. The van der Waals surface area contributed by atoms with Crippen molar-refractivity contribution in [1.29, 1.82) is 0 Å². The van der Waals surface area contributed by atoms with Gasteiger partial charge in [0.15, 0.2) is 5.78 Å². The van der Waals surface area contributed by atoms with E-state index >= 15 is 0 Å². The van der Waals surface area contributed by atoms with Crippen LogP contribution in [0.3, 0.4) is 0 Å². The van der Waals surface area contributed by atoms with E-state index in [4.69, 9.17) is 4.74 Å². The number of hydrogen-bond acceptors (Lipinski definition) is 4. The molecule has 1 atom stereocenters. The first kappa shape index (κ1) is 21.4. The van der Waals surface area contributed by atoms with Gasteiger partial charge in [-0.2, -0.15) is 0 Å². The number of esters is 1. The third-order valence-corrected chi connectivity index (χ3v) is 5.15. The van der Waals surface area contributed by atoms with Crippen LogP contribution in [0.2, 0.25) is 0 Å². The number of aromatic nitrogens is 1. The van der Waals surface area contributed by atoms with Gasteiger partial charge >= 0.3 is 5.97 Å². The summed E-state index contributed by atoms with van der Waals surface area (Å²) in [4.78, 5) is 40.1. The lowest BCUT2D eigenvalue weighted by molar-refractivity contribution is 0.0588. The molecule has 0 saturated heterocycles. The van der Waals surface area contributed by atoms with Gasteiger partial charge in [0.25, 0.3) is 5.91 Å². The van der Waals surface area contributed by atoms with E-state index in [1.54, 1.807) is 61.6 Å². The van der Waals surface area contributed by atoms with Gasteiger partial charge in [0, 0.05) is 30.4 Å². The molecule has 0 spiro atoms. The summed E-state index contributed by atoms with van der Waals surface area (Å²) in [5, 5.41) is 0. The van der Waals surface area contributed by atoms with Crippen LogP contribution in [0, 0.1) is 13.8 Å². The molecule has 6 heteroatoms. The molecule has 0 radical (unpaired) electrons. The Hall–Kier alpha value is -2.89. The van der Waals surface area contributed by atoms with Crippen LogP contribution in [0.4, 0.5) is 0 Å². The molecule has 2 rings (SSSR count). The molecule has 6 nitrogen and oxygen atoms in total. The predicted octanol–water partition coefficient (Wildman–Crippen LogP) is 3.55. The minimum absolute atomic E-state index is 0.178. The minimum Gasteiger partial charge on any atom is -0.464 e. The second-order valence-corrected chi connectivity index (χ2v) is 6.89. The fraction of sp³-hybridized carbons (Fsp3) is 0.409. The molecule has 0 fully saturated rings. The number of benzene rings is 1. The highest BCUT2D eigenvalue weighted by atomic mass is 16.5. The van der Waals surface area contributed by atoms with Gasteiger partial charge in [-0.25, -0.2) is 4.79 Å². The molecule has 1 heterocycles. The number of methoxy groups -OCH3 is 1. The van der Waals surface area contributed by atoms with Gasteiger partial charge in [0.2, 0.25) is 0 Å². The van der Waals surface area contributed by atoms with E-state index in [-0.39, 0.29) is 11.7 Å². The Bertz CT molecular complexity index is 884. The molecule has 1 amide bonds. The van der Waals surface area contributed by atoms with E-state index in [2.05, 4.69) is 0 Å². The van der Waals surface area contributed by atoms with Crippen LogP contribution >= 0.6 is 0 Å². The fourth-order valence-corrected chi connectivity index (χ4v) is 3.54. The van der Waals surface area contributed by atoms with Crippen LogP contribution in [0.5, 0.6) is 0 Å². The third-order valence-electron chi connectivity index (χ3n) is 5.15. The summed E-state index contributed by atoms with van der Waals surface area (Å²) < 4.78 is 6.52. The average Bonchev–Trinajstić information content (AvgIpc) is 2.93. The topological polar surface area (TPSA) is 68.6 Å². The van der Waals surface area contributed by atoms with E-state index in [0.717, 1.165) is 6.42 Å². The Labute approximate surface area is 166 Å². The summed E-state index contributed by atoms with van der Waals surface area (Å²) in [5.74, 6) is -0.846. The zero-order chi connectivity index (χ0) is 21.0. The number of rotatable bonds is 7. The number of nitrogens with zero attached hydrogens (tertiary/aromatic N) is 2. The summed E-state index contributed by atoms with van der Waals surface area (Å²) in [5.41, 5.74) is 2.63. The monoisotopic (exact) mass is 384 g/mol. The molecule has 28 heavy (non-hydrogen) atoms. The number of hydrogen-bond donors (Lipinski definition) is 0. The highest BCUT2D eigenvalue weighted by Gasteiger charge is 2.32. The minimum atomic E-state index is -0.655. The molecule has 0 N–H and O–H groups in total. The molecule has 0 bridgehead atoms. The van der Waals surface area contributed by atoms with Crippen molar-refractivity contribution in [3.05, 3.63) is 58.4 Å². The van der Waals surface area contributed by atoms with Crippen molar-refractivity contribution in [3.63, 3.8) is 0 Å². The van der Waals surface area contributed by atoms with Gasteiger partial charge < -0.3 is 14.2 Å². The van der Waals surface area contributed by atoms with E-state index in [9.17, 15) is 14.4 Å². The summed E-state index contributed by atoms with van der Waals surface area (Å²) >= 11 is 0. The number of ketones is 1. The molecule has 2 aromatic rings. The van der Waals surface area contributed by atoms with Crippen LogP contribution in [-0.4, -0.2) is 46.8 Å². The SMILES string of the molecule is CCCN(C(=O)c1ccccc1)C(C)C(=O)c1c(C)c(C(=O)OC)n(C)c1C. The Morgan fingerprint density at radius 2 is 1.75 bits per heavy atom. The van der Waals surface area contributed by atoms with Crippen molar-refractivity contribution < 1.29 is 19.1 Å². The van der Waals surface area contributed by atoms with E-state index < -0.39 is 12.0 Å². The van der Waals surface area contributed by atoms with E-state index in [1.165, 1.54) is 7.11 Å². The highest BCUT2D eigenvalue weighted by Crippen LogP contribution is 2.25. The molecule has 0 saturated carbocycles. The lowest BCUT2D eigenvalue weighted by Gasteiger charge is -2.28. The number of carbonyl (C=O) groups is 3. The van der Waals surface area contributed by atoms with Crippen molar-refractivity contribution in [2.75, 3.05) is 13.7 Å². The van der Waals surface area contributed by atoms with Crippen molar-refractivity contribution in [2.45, 2.75) is 40.2 Å².